The lowest BCUT2D eigenvalue weighted by atomic mass is 10.1. The average Bonchev–Trinajstić information content (AvgIpc) is 2.75. The third kappa shape index (κ3) is 2.56. The van der Waals surface area contributed by atoms with Crippen LogP contribution in [0.1, 0.15) is 37.2 Å². The molecule has 0 amide bonds. The second-order valence-electron chi connectivity index (χ2n) is 4.86. The zero-order valence-corrected chi connectivity index (χ0v) is 11.1. The Morgan fingerprint density at radius 3 is 2.28 bits per heavy atom. The van der Waals surface area contributed by atoms with E-state index in [1.54, 1.807) is 0 Å². The highest BCUT2D eigenvalue weighted by atomic mass is 16.5. The first-order valence-corrected chi connectivity index (χ1v) is 6.02. The number of pyridine rings is 1. The summed E-state index contributed by atoms with van der Waals surface area (Å²) in [6, 6.07) is 3.64. The molecule has 5 nitrogen and oxygen atoms in total. The number of nitrogens with two attached hydrogens (primary N) is 1. The largest absolute Gasteiger partial charge is 0.337 e. The van der Waals surface area contributed by atoms with Crippen molar-refractivity contribution in [3.63, 3.8) is 0 Å². The second-order valence-corrected chi connectivity index (χ2v) is 4.86. The van der Waals surface area contributed by atoms with Crippen molar-refractivity contribution in [3.8, 4) is 11.4 Å². The van der Waals surface area contributed by atoms with Gasteiger partial charge in [0.25, 0.3) is 0 Å². The predicted octanol–water partition coefficient (Wildman–Crippen LogP) is 2.40. The van der Waals surface area contributed by atoms with Gasteiger partial charge in [0, 0.05) is 17.0 Å². The van der Waals surface area contributed by atoms with E-state index in [1.807, 2.05) is 39.8 Å². The molecule has 0 saturated heterocycles. The molecule has 5 heteroatoms. The van der Waals surface area contributed by atoms with E-state index in [-0.39, 0.29) is 12.0 Å². The molecule has 18 heavy (non-hydrogen) atoms. The molecular weight excluding hydrogens is 228 g/mol. The molecule has 0 radical (unpaired) electrons. The highest BCUT2D eigenvalue weighted by Gasteiger charge is 2.18. The van der Waals surface area contributed by atoms with Gasteiger partial charge in [-0.25, -0.2) is 0 Å². The Labute approximate surface area is 106 Å². The molecule has 0 fully saturated rings. The summed E-state index contributed by atoms with van der Waals surface area (Å²) < 4.78 is 5.22. The molecule has 0 aliphatic heterocycles. The van der Waals surface area contributed by atoms with Crippen molar-refractivity contribution >= 4 is 0 Å². The van der Waals surface area contributed by atoms with Gasteiger partial charge >= 0.3 is 0 Å². The van der Waals surface area contributed by atoms with Crippen molar-refractivity contribution in [2.45, 2.75) is 33.7 Å². The molecule has 0 aliphatic carbocycles. The zero-order chi connectivity index (χ0) is 13.3. The van der Waals surface area contributed by atoms with Gasteiger partial charge in [-0.15, -0.1) is 0 Å². The minimum Gasteiger partial charge on any atom is -0.337 e. The SMILES string of the molecule is Cc1cc(-c2noc([C@H](N)C(C)C)n2)cc(C)n1. The van der Waals surface area contributed by atoms with Gasteiger partial charge in [0.15, 0.2) is 0 Å². The lowest BCUT2D eigenvalue weighted by Crippen LogP contribution is -2.16. The van der Waals surface area contributed by atoms with Crippen LogP contribution in [0.3, 0.4) is 0 Å². The minimum absolute atomic E-state index is 0.227. The number of nitrogens with zero attached hydrogens (tertiary/aromatic N) is 3. The fraction of sp³-hybridized carbons (Fsp3) is 0.462. The summed E-state index contributed by atoms with van der Waals surface area (Å²) in [7, 11) is 0. The van der Waals surface area contributed by atoms with E-state index in [9.17, 15) is 0 Å². The summed E-state index contributed by atoms with van der Waals surface area (Å²) in [5.41, 5.74) is 8.76. The number of hydrogen-bond donors (Lipinski definition) is 1. The smallest absolute Gasteiger partial charge is 0.244 e. The Morgan fingerprint density at radius 2 is 1.72 bits per heavy atom. The van der Waals surface area contributed by atoms with E-state index >= 15 is 0 Å². The first-order chi connectivity index (χ1) is 8.47. The maximum Gasteiger partial charge on any atom is 0.244 e. The molecule has 0 bridgehead atoms. The third-order valence-electron chi connectivity index (χ3n) is 2.78. The molecule has 0 unspecified atom stereocenters. The van der Waals surface area contributed by atoms with Crippen molar-refractivity contribution in [3.05, 3.63) is 29.4 Å². The molecule has 2 rings (SSSR count). The summed E-state index contributed by atoms with van der Waals surface area (Å²) in [6.45, 7) is 7.93. The molecular formula is C13H18N4O. The zero-order valence-electron chi connectivity index (χ0n) is 11.1. The molecule has 0 saturated carbocycles. The van der Waals surface area contributed by atoms with Crippen LogP contribution in [0.2, 0.25) is 0 Å². The quantitative estimate of drug-likeness (QED) is 0.899. The van der Waals surface area contributed by atoms with Crippen LogP contribution >= 0.6 is 0 Å². The normalized spacial score (nSPS) is 13.0. The van der Waals surface area contributed by atoms with E-state index in [4.69, 9.17) is 10.3 Å². The van der Waals surface area contributed by atoms with Gasteiger partial charge in [0.2, 0.25) is 11.7 Å². The molecule has 1 atom stereocenters. The molecule has 0 spiro atoms. The highest BCUT2D eigenvalue weighted by molar-refractivity contribution is 5.55. The second kappa shape index (κ2) is 4.86. The molecule has 2 N–H and O–H groups in total. The van der Waals surface area contributed by atoms with Gasteiger partial charge in [0.1, 0.15) is 0 Å². The van der Waals surface area contributed by atoms with Crippen LogP contribution in [0.4, 0.5) is 0 Å². The topological polar surface area (TPSA) is 77.8 Å². The molecule has 2 heterocycles. The highest BCUT2D eigenvalue weighted by Crippen LogP contribution is 2.22. The van der Waals surface area contributed by atoms with Gasteiger partial charge in [-0.1, -0.05) is 19.0 Å². The molecule has 2 aromatic heterocycles. The fourth-order valence-corrected chi connectivity index (χ4v) is 1.74. The Morgan fingerprint density at radius 1 is 1.11 bits per heavy atom. The summed E-state index contributed by atoms with van der Waals surface area (Å²) in [5.74, 6) is 1.31. The summed E-state index contributed by atoms with van der Waals surface area (Å²) >= 11 is 0. The Bertz CT molecular complexity index is 527. The van der Waals surface area contributed by atoms with E-state index in [0.717, 1.165) is 17.0 Å². The molecule has 0 aliphatic rings. The first kappa shape index (κ1) is 12.7. The van der Waals surface area contributed by atoms with Gasteiger partial charge in [-0.2, -0.15) is 4.98 Å². The van der Waals surface area contributed by atoms with Crippen molar-refractivity contribution in [1.29, 1.82) is 0 Å². The maximum atomic E-state index is 5.98. The Hall–Kier alpha value is -1.75. The number of rotatable bonds is 3. The molecule has 96 valence electrons. The molecule has 2 aromatic rings. The number of hydrogen-bond acceptors (Lipinski definition) is 5. The van der Waals surface area contributed by atoms with Crippen molar-refractivity contribution in [2.24, 2.45) is 11.7 Å². The number of aromatic nitrogens is 3. The van der Waals surface area contributed by atoms with E-state index in [1.165, 1.54) is 0 Å². The standard InChI is InChI=1S/C13H18N4O/c1-7(2)11(14)13-16-12(17-18-13)10-5-8(3)15-9(4)6-10/h5-7,11H,14H2,1-4H3/t11-/m1/s1. The molecule has 0 aromatic carbocycles. The lowest BCUT2D eigenvalue weighted by molar-refractivity contribution is 0.325. The van der Waals surface area contributed by atoms with Crippen LogP contribution in [0, 0.1) is 19.8 Å². The summed E-state index contributed by atoms with van der Waals surface area (Å²) in [5, 5.41) is 3.98. The van der Waals surface area contributed by atoms with Crippen molar-refractivity contribution in [1.82, 2.24) is 15.1 Å². The van der Waals surface area contributed by atoms with Gasteiger partial charge < -0.3 is 10.3 Å². The van der Waals surface area contributed by atoms with Crippen molar-refractivity contribution in [2.75, 3.05) is 0 Å². The Balaban J connectivity index is 2.35. The van der Waals surface area contributed by atoms with Gasteiger partial charge in [-0.05, 0) is 31.9 Å². The van der Waals surface area contributed by atoms with E-state index < -0.39 is 0 Å². The van der Waals surface area contributed by atoms with Crippen LogP contribution in [0.25, 0.3) is 11.4 Å². The van der Waals surface area contributed by atoms with Crippen LogP contribution in [0.5, 0.6) is 0 Å². The average molecular weight is 246 g/mol. The van der Waals surface area contributed by atoms with Crippen molar-refractivity contribution < 1.29 is 4.52 Å². The Kier molecular flexibility index (Phi) is 3.43. The third-order valence-corrected chi connectivity index (χ3v) is 2.78. The van der Waals surface area contributed by atoms with Crippen LogP contribution in [-0.4, -0.2) is 15.1 Å². The van der Waals surface area contributed by atoms with Gasteiger partial charge in [-0.3, -0.25) is 4.98 Å². The maximum absolute atomic E-state index is 5.98. The minimum atomic E-state index is -0.227. The van der Waals surface area contributed by atoms with E-state index in [2.05, 4.69) is 15.1 Å². The van der Waals surface area contributed by atoms with Crippen LogP contribution in [0.15, 0.2) is 16.7 Å². The van der Waals surface area contributed by atoms with Gasteiger partial charge in [0.05, 0.1) is 6.04 Å². The lowest BCUT2D eigenvalue weighted by Gasteiger charge is -2.09. The summed E-state index contributed by atoms with van der Waals surface area (Å²) in [4.78, 5) is 8.67. The first-order valence-electron chi connectivity index (χ1n) is 6.02. The number of aryl methyl sites for hydroxylation is 2. The predicted molar refractivity (Wildman–Crippen MR) is 68.8 cm³/mol. The van der Waals surface area contributed by atoms with Crippen LogP contribution < -0.4 is 5.73 Å². The van der Waals surface area contributed by atoms with Crippen LogP contribution in [-0.2, 0) is 0 Å². The van der Waals surface area contributed by atoms with E-state index in [0.29, 0.717) is 11.7 Å². The fourth-order valence-electron chi connectivity index (χ4n) is 1.74. The summed E-state index contributed by atoms with van der Waals surface area (Å²) in [6.07, 6.45) is 0. The monoisotopic (exact) mass is 246 g/mol.